The van der Waals surface area contributed by atoms with E-state index in [9.17, 15) is 4.79 Å². The number of amides is 1. The number of carbonyl (C=O) groups is 1. The van der Waals surface area contributed by atoms with E-state index in [0.29, 0.717) is 19.0 Å². The SMILES string of the molecule is Cn1cnc2cnc(N3CCCNC(=O)C3)nc21. The van der Waals surface area contributed by atoms with Crippen LogP contribution in [0.15, 0.2) is 12.5 Å². The number of anilines is 1. The summed E-state index contributed by atoms with van der Waals surface area (Å²) in [5.41, 5.74) is 1.55. The van der Waals surface area contributed by atoms with E-state index < -0.39 is 0 Å². The molecule has 0 unspecified atom stereocenters. The van der Waals surface area contributed by atoms with E-state index in [1.54, 1.807) is 12.5 Å². The standard InChI is InChI=1S/C11H14N6O/c1-16-7-14-8-5-13-11(15-10(8)16)17-4-2-3-12-9(18)6-17/h5,7H,2-4,6H2,1H3,(H,12,18). The van der Waals surface area contributed by atoms with Gasteiger partial charge in [0.05, 0.1) is 19.1 Å². The second-order valence-electron chi connectivity index (χ2n) is 4.36. The zero-order chi connectivity index (χ0) is 12.5. The molecule has 0 saturated carbocycles. The number of hydrogen-bond donors (Lipinski definition) is 1. The van der Waals surface area contributed by atoms with Crippen LogP contribution >= 0.6 is 0 Å². The molecule has 2 aromatic heterocycles. The van der Waals surface area contributed by atoms with Gasteiger partial charge in [-0.3, -0.25) is 4.79 Å². The van der Waals surface area contributed by atoms with Crippen LogP contribution < -0.4 is 10.2 Å². The highest BCUT2D eigenvalue weighted by atomic mass is 16.2. The summed E-state index contributed by atoms with van der Waals surface area (Å²) < 4.78 is 1.85. The molecule has 0 radical (unpaired) electrons. The van der Waals surface area contributed by atoms with Crippen molar-refractivity contribution >= 4 is 23.0 Å². The largest absolute Gasteiger partial charge is 0.354 e. The summed E-state index contributed by atoms with van der Waals surface area (Å²) >= 11 is 0. The molecular formula is C11H14N6O. The van der Waals surface area contributed by atoms with Gasteiger partial charge in [-0.1, -0.05) is 0 Å². The number of carbonyl (C=O) groups excluding carboxylic acids is 1. The molecular weight excluding hydrogens is 232 g/mol. The first-order valence-electron chi connectivity index (χ1n) is 5.90. The zero-order valence-corrected chi connectivity index (χ0v) is 10.1. The van der Waals surface area contributed by atoms with Gasteiger partial charge in [-0.25, -0.2) is 9.97 Å². The van der Waals surface area contributed by atoms with Gasteiger partial charge in [-0.15, -0.1) is 0 Å². The van der Waals surface area contributed by atoms with Crippen LogP contribution in [0.4, 0.5) is 5.95 Å². The van der Waals surface area contributed by atoms with Crippen LogP contribution in [0.1, 0.15) is 6.42 Å². The van der Waals surface area contributed by atoms with Crippen molar-refractivity contribution in [2.45, 2.75) is 6.42 Å². The highest BCUT2D eigenvalue weighted by Crippen LogP contribution is 2.14. The Kier molecular flexibility index (Phi) is 2.58. The molecule has 1 saturated heterocycles. The van der Waals surface area contributed by atoms with Crippen molar-refractivity contribution in [3.8, 4) is 0 Å². The maximum absolute atomic E-state index is 11.5. The molecule has 1 N–H and O–H groups in total. The van der Waals surface area contributed by atoms with Gasteiger partial charge in [0.15, 0.2) is 5.65 Å². The Morgan fingerprint density at radius 3 is 3.17 bits per heavy atom. The number of fused-ring (bicyclic) bond motifs is 1. The smallest absolute Gasteiger partial charge is 0.239 e. The van der Waals surface area contributed by atoms with Crippen molar-refractivity contribution in [3.05, 3.63) is 12.5 Å². The zero-order valence-electron chi connectivity index (χ0n) is 10.1. The van der Waals surface area contributed by atoms with Gasteiger partial charge in [0.25, 0.3) is 0 Å². The second kappa shape index (κ2) is 4.25. The molecule has 0 atom stereocenters. The lowest BCUT2D eigenvalue weighted by molar-refractivity contribution is -0.119. The summed E-state index contributed by atoms with van der Waals surface area (Å²) in [5.74, 6) is 0.601. The fourth-order valence-electron chi connectivity index (χ4n) is 2.04. The first kappa shape index (κ1) is 10.9. The van der Waals surface area contributed by atoms with Gasteiger partial charge in [-0.05, 0) is 6.42 Å². The molecule has 0 bridgehead atoms. The number of nitrogens with one attached hydrogen (secondary N) is 1. The van der Waals surface area contributed by atoms with Crippen LogP contribution in [0.2, 0.25) is 0 Å². The summed E-state index contributed by atoms with van der Waals surface area (Å²) in [7, 11) is 1.89. The maximum atomic E-state index is 11.5. The van der Waals surface area contributed by atoms with Crippen molar-refractivity contribution in [2.75, 3.05) is 24.5 Å². The molecule has 2 aromatic rings. The molecule has 0 spiro atoms. The van der Waals surface area contributed by atoms with E-state index in [4.69, 9.17) is 0 Å². The van der Waals surface area contributed by atoms with Gasteiger partial charge in [-0.2, -0.15) is 4.98 Å². The van der Waals surface area contributed by atoms with Crippen LogP contribution in [0.3, 0.4) is 0 Å². The van der Waals surface area contributed by atoms with E-state index in [-0.39, 0.29) is 5.91 Å². The molecule has 7 nitrogen and oxygen atoms in total. The number of nitrogens with zero attached hydrogens (tertiary/aromatic N) is 5. The Bertz CT molecular complexity index is 592. The molecule has 94 valence electrons. The van der Waals surface area contributed by atoms with Crippen LogP contribution in [-0.4, -0.2) is 45.1 Å². The molecule has 0 aromatic carbocycles. The van der Waals surface area contributed by atoms with E-state index in [2.05, 4.69) is 20.3 Å². The summed E-state index contributed by atoms with van der Waals surface area (Å²) in [6, 6.07) is 0. The predicted octanol–water partition coefficient (Wildman–Crippen LogP) is -0.310. The van der Waals surface area contributed by atoms with Crippen molar-refractivity contribution in [1.29, 1.82) is 0 Å². The molecule has 0 aliphatic carbocycles. The molecule has 1 aliphatic rings. The summed E-state index contributed by atoms with van der Waals surface area (Å²) in [4.78, 5) is 26.3. The van der Waals surface area contributed by atoms with Crippen LogP contribution in [-0.2, 0) is 11.8 Å². The molecule has 3 rings (SSSR count). The molecule has 7 heteroatoms. The summed E-state index contributed by atoms with van der Waals surface area (Å²) in [6.07, 6.45) is 4.30. The Balaban J connectivity index is 1.97. The lowest BCUT2D eigenvalue weighted by Gasteiger charge is -2.18. The van der Waals surface area contributed by atoms with Crippen molar-refractivity contribution in [2.24, 2.45) is 7.05 Å². The average molecular weight is 246 g/mol. The highest BCUT2D eigenvalue weighted by Gasteiger charge is 2.17. The Hall–Kier alpha value is -2.18. The number of hydrogen-bond acceptors (Lipinski definition) is 5. The predicted molar refractivity (Wildman–Crippen MR) is 66.1 cm³/mol. The molecule has 3 heterocycles. The van der Waals surface area contributed by atoms with Gasteiger partial charge in [0, 0.05) is 20.1 Å². The van der Waals surface area contributed by atoms with Crippen LogP contribution in [0.25, 0.3) is 11.2 Å². The van der Waals surface area contributed by atoms with E-state index >= 15 is 0 Å². The van der Waals surface area contributed by atoms with E-state index in [1.807, 2.05) is 16.5 Å². The minimum absolute atomic E-state index is 0.0150. The lowest BCUT2D eigenvalue weighted by atomic mass is 10.4. The molecule has 1 fully saturated rings. The normalized spacial score (nSPS) is 16.7. The number of imidazole rings is 1. The number of rotatable bonds is 1. The highest BCUT2D eigenvalue weighted by molar-refractivity contribution is 5.81. The third-order valence-electron chi connectivity index (χ3n) is 2.99. The minimum Gasteiger partial charge on any atom is -0.354 e. The van der Waals surface area contributed by atoms with E-state index in [1.165, 1.54) is 0 Å². The summed E-state index contributed by atoms with van der Waals surface area (Å²) in [6.45, 7) is 1.80. The van der Waals surface area contributed by atoms with Crippen molar-refractivity contribution < 1.29 is 4.79 Å². The third kappa shape index (κ3) is 1.87. The van der Waals surface area contributed by atoms with Gasteiger partial charge < -0.3 is 14.8 Å². The van der Waals surface area contributed by atoms with Crippen LogP contribution in [0.5, 0.6) is 0 Å². The number of aryl methyl sites for hydroxylation is 1. The second-order valence-corrected chi connectivity index (χ2v) is 4.36. The van der Waals surface area contributed by atoms with E-state index in [0.717, 1.165) is 24.1 Å². The monoisotopic (exact) mass is 246 g/mol. The van der Waals surface area contributed by atoms with Crippen molar-refractivity contribution in [1.82, 2.24) is 24.8 Å². The van der Waals surface area contributed by atoms with Crippen LogP contribution in [0, 0.1) is 0 Å². The molecule has 18 heavy (non-hydrogen) atoms. The van der Waals surface area contributed by atoms with Gasteiger partial charge >= 0.3 is 0 Å². The Morgan fingerprint density at radius 2 is 2.28 bits per heavy atom. The third-order valence-corrected chi connectivity index (χ3v) is 2.99. The topological polar surface area (TPSA) is 75.9 Å². The number of aromatic nitrogens is 4. The fraction of sp³-hybridized carbons (Fsp3) is 0.455. The van der Waals surface area contributed by atoms with Crippen molar-refractivity contribution in [3.63, 3.8) is 0 Å². The van der Waals surface area contributed by atoms with Gasteiger partial charge in [0.1, 0.15) is 5.52 Å². The lowest BCUT2D eigenvalue weighted by Crippen LogP contribution is -2.34. The maximum Gasteiger partial charge on any atom is 0.239 e. The van der Waals surface area contributed by atoms with Gasteiger partial charge in [0.2, 0.25) is 11.9 Å². The minimum atomic E-state index is 0.0150. The average Bonchev–Trinajstić information content (AvgIpc) is 2.60. The molecule has 1 aliphatic heterocycles. The Morgan fingerprint density at radius 1 is 1.39 bits per heavy atom. The Labute approximate surface area is 104 Å². The first-order chi connectivity index (χ1) is 8.74. The molecule has 1 amide bonds. The first-order valence-corrected chi connectivity index (χ1v) is 5.90. The fourth-order valence-corrected chi connectivity index (χ4v) is 2.04. The summed E-state index contributed by atoms with van der Waals surface area (Å²) in [5, 5.41) is 2.83. The quantitative estimate of drug-likeness (QED) is 0.747.